The van der Waals surface area contributed by atoms with Crippen molar-refractivity contribution >= 4 is 34.7 Å². The average Bonchev–Trinajstić information content (AvgIpc) is 3.43. The summed E-state index contributed by atoms with van der Waals surface area (Å²) >= 11 is 2.84. The minimum atomic E-state index is -0.394. The van der Waals surface area contributed by atoms with Gasteiger partial charge in [-0.1, -0.05) is 30.0 Å². The zero-order valence-corrected chi connectivity index (χ0v) is 17.9. The number of rotatable bonds is 7. The van der Waals surface area contributed by atoms with Gasteiger partial charge in [-0.2, -0.15) is 0 Å². The van der Waals surface area contributed by atoms with Gasteiger partial charge in [0.25, 0.3) is 0 Å². The van der Waals surface area contributed by atoms with Crippen LogP contribution in [0.3, 0.4) is 0 Å². The van der Waals surface area contributed by atoms with Crippen LogP contribution in [0.5, 0.6) is 5.75 Å². The number of hydrogen-bond donors (Lipinski definition) is 1. The highest BCUT2D eigenvalue weighted by molar-refractivity contribution is 8.00. The third kappa shape index (κ3) is 3.96. The molecule has 0 aliphatic carbocycles. The van der Waals surface area contributed by atoms with Gasteiger partial charge in [0.05, 0.1) is 24.6 Å². The largest absolute Gasteiger partial charge is 0.495 e. The van der Waals surface area contributed by atoms with Crippen LogP contribution in [0, 0.1) is 0 Å². The van der Waals surface area contributed by atoms with Gasteiger partial charge in [0.2, 0.25) is 11.6 Å². The molecule has 0 saturated heterocycles. The molecule has 0 spiro atoms. The highest BCUT2D eigenvalue weighted by atomic mass is 32.2. The van der Waals surface area contributed by atoms with E-state index in [4.69, 9.17) is 4.74 Å². The second-order valence-electron chi connectivity index (χ2n) is 6.38. The minimum absolute atomic E-state index is 0.104. The quantitative estimate of drug-likeness (QED) is 0.444. The number of fused-ring (bicyclic) bond motifs is 1. The molecule has 154 valence electrons. The van der Waals surface area contributed by atoms with E-state index in [0.29, 0.717) is 23.1 Å². The maximum Gasteiger partial charge on any atom is 0.300 e. The summed E-state index contributed by atoms with van der Waals surface area (Å²) in [5.41, 5.74) is 0.472. The number of ether oxygens (including phenoxy) is 1. The molecule has 3 aromatic heterocycles. The lowest BCUT2D eigenvalue weighted by Gasteiger charge is -2.12. The van der Waals surface area contributed by atoms with E-state index in [-0.39, 0.29) is 17.1 Å². The molecule has 1 unspecified atom stereocenters. The van der Waals surface area contributed by atoms with Crippen LogP contribution in [0.15, 0.2) is 64.1 Å². The number of carbonyl (C=O) groups is 1. The first-order valence-corrected chi connectivity index (χ1v) is 10.9. The predicted octanol–water partition coefficient (Wildman–Crippen LogP) is 2.75. The van der Waals surface area contributed by atoms with Gasteiger partial charge in [0, 0.05) is 17.3 Å². The average molecular weight is 442 g/mol. The number of methoxy groups -OCH3 is 1. The van der Waals surface area contributed by atoms with Crippen LogP contribution < -0.4 is 15.6 Å². The van der Waals surface area contributed by atoms with E-state index in [2.05, 4.69) is 15.5 Å². The number of amides is 1. The van der Waals surface area contributed by atoms with Gasteiger partial charge in [0.1, 0.15) is 5.75 Å². The van der Waals surface area contributed by atoms with Gasteiger partial charge >= 0.3 is 5.56 Å². The van der Waals surface area contributed by atoms with Crippen molar-refractivity contribution in [2.75, 3.05) is 7.11 Å². The van der Waals surface area contributed by atoms with E-state index < -0.39 is 5.25 Å². The van der Waals surface area contributed by atoms with Crippen molar-refractivity contribution in [2.24, 2.45) is 0 Å². The summed E-state index contributed by atoms with van der Waals surface area (Å²) in [5.74, 6) is 0.474. The Hall–Kier alpha value is -3.11. The first kappa shape index (κ1) is 20.2. The van der Waals surface area contributed by atoms with Gasteiger partial charge in [-0.3, -0.25) is 18.6 Å². The summed E-state index contributed by atoms with van der Waals surface area (Å²) < 4.78 is 8.42. The molecule has 3 heterocycles. The Balaban J connectivity index is 1.55. The third-order valence-electron chi connectivity index (χ3n) is 4.45. The fraction of sp³-hybridized carbons (Fsp3) is 0.200. The molecule has 8 nitrogen and oxygen atoms in total. The highest BCUT2D eigenvalue weighted by Crippen LogP contribution is 2.23. The fourth-order valence-corrected chi connectivity index (χ4v) is 4.41. The molecule has 1 aromatic carbocycles. The van der Waals surface area contributed by atoms with E-state index in [1.165, 1.54) is 16.3 Å². The van der Waals surface area contributed by atoms with Crippen LogP contribution in [-0.2, 0) is 11.3 Å². The third-order valence-corrected chi connectivity index (χ3v) is 6.39. The van der Waals surface area contributed by atoms with Gasteiger partial charge < -0.3 is 10.1 Å². The summed E-state index contributed by atoms with van der Waals surface area (Å²) in [6.45, 7) is 2.29. The van der Waals surface area contributed by atoms with Crippen LogP contribution in [0.1, 0.15) is 11.8 Å². The van der Waals surface area contributed by atoms with Crippen molar-refractivity contribution in [1.29, 1.82) is 0 Å². The molecule has 0 radical (unpaired) electrons. The second kappa shape index (κ2) is 8.72. The molecule has 0 aliphatic heterocycles. The molecular formula is C20H19N5O3S2. The minimum Gasteiger partial charge on any atom is -0.495 e. The molecule has 1 N–H and O–H groups in total. The monoisotopic (exact) mass is 441 g/mol. The van der Waals surface area contributed by atoms with Crippen LogP contribution >= 0.6 is 23.1 Å². The number of nitrogens with zero attached hydrogens (tertiary/aromatic N) is 4. The van der Waals surface area contributed by atoms with Crippen molar-refractivity contribution < 1.29 is 9.53 Å². The topological polar surface area (TPSA) is 90.5 Å². The molecular weight excluding hydrogens is 422 g/mol. The van der Waals surface area contributed by atoms with E-state index in [1.807, 2.05) is 29.6 Å². The lowest BCUT2D eigenvalue weighted by Crippen LogP contribution is -2.30. The number of hydrogen-bond acceptors (Lipinski definition) is 7. The number of nitrogens with one attached hydrogen (secondary N) is 1. The molecule has 0 saturated carbocycles. The van der Waals surface area contributed by atoms with Gasteiger partial charge in [-0.15, -0.1) is 21.5 Å². The van der Waals surface area contributed by atoms with Crippen LogP contribution in [0.25, 0.3) is 11.3 Å². The maximum atomic E-state index is 13.0. The zero-order chi connectivity index (χ0) is 21.1. The Morgan fingerprint density at radius 3 is 2.83 bits per heavy atom. The molecule has 4 aromatic rings. The van der Waals surface area contributed by atoms with Crippen molar-refractivity contribution in [3.63, 3.8) is 0 Å². The van der Waals surface area contributed by atoms with Crippen molar-refractivity contribution in [3.05, 3.63) is 69.4 Å². The van der Waals surface area contributed by atoms with E-state index in [0.717, 1.165) is 4.88 Å². The zero-order valence-electron chi connectivity index (χ0n) is 16.3. The maximum absolute atomic E-state index is 13.0. The standard InChI is InChI=1S/C20H19N5O3S2/c1-13(18(26)21-12-14-6-5-11-29-14)30-20-23-22-17-19(27)24(9-10-25(17)20)15-7-3-4-8-16(15)28-2/h3-11,13H,12H2,1-2H3,(H,21,26). The molecule has 0 bridgehead atoms. The summed E-state index contributed by atoms with van der Waals surface area (Å²) in [4.78, 5) is 26.5. The smallest absolute Gasteiger partial charge is 0.300 e. The summed E-state index contributed by atoms with van der Waals surface area (Å²) in [7, 11) is 1.55. The first-order chi connectivity index (χ1) is 14.6. The molecule has 1 atom stereocenters. The lowest BCUT2D eigenvalue weighted by atomic mass is 10.3. The number of carbonyl (C=O) groups excluding carboxylic acids is 1. The van der Waals surface area contributed by atoms with E-state index >= 15 is 0 Å². The van der Waals surface area contributed by atoms with Crippen molar-refractivity contribution in [3.8, 4) is 11.4 Å². The highest BCUT2D eigenvalue weighted by Gasteiger charge is 2.19. The van der Waals surface area contributed by atoms with Gasteiger partial charge in [0.15, 0.2) is 5.16 Å². The Labute approximate surface area is 180 Å². The summed E-state index contributed by atoms with van der Waals surface area (Å²) in [5, 5.41) is 13.1. The Kier molecular flexibility index (Phi) is 5.86. The summed E-state index contributed by atoms with van der Waals surface area (Å²) in [6, 6.07) is 11.2. The summed E-state index contributed by atoms with van der Waals surface area (Å²) in [6.07, 6.45) is 3.35. The Morgan fingerprint density at radius 1 is 1.23 bits per heavy atom. The fourth-order valence-electron chi connectivity index (χ4n) is 2.91. The number of benzene rings is 1. The van der Waals surface area contributed by atoms with Crippen LogP contribution in [0.2, 0.25) is 0 Å². The van der Waals surface area contributed by atoms with Gasteiger partial charge in [-0.05, 0) is 30.5 Å². The van der Waals surface area contributed by atoms with Gasteiger partial charge in [-0.25, -0.2) is 0 Å². The van der Waals surface area contributed by atoms with Crippen molar-refractivity contribution in [2.45, 2.75) is 23.9 Å². The molecule has 1 amide bonds. The Morgan fingerprint density at radius 2 is 2.07 bits per heavy atom. The molecule has 0 aliphatic rings. The molecule has 4 rings (SSSR count). The predicted molar refractivity (Wildman–Crippen MR) is 117 cm³/mol. The first-order valence-electron chi connectivity index (χ1n) is 9.15. The van der Waals surface area contributed by atoms with E-state index in [9.17, 15) is 9.59 Å². The Bertz CT molecular complexity index is 1230. The molecule has 0 fully saturated rings. The SMILES string of the molecule is COc1ccccc1-n1ccn2c(SC(C)C(=O)NCc3cccs3)nnc2c1=O. The van der Waals surface area contributed by atoms with E-state index in [1.54, 1.807) is 54.3 Å². The van der Waals surface area contributed by atoms with Crippen LogP contribution in [0.4, 0.5) is 0 Å². The number of aromatic nitrogens is 4. The number of thioether (sulfide) groups is 1. The number of para-hydroxylation sites is 2. The molecule has 10 heteroatoms. The van der Waals surface area contributed by atoms with Crippen LogP contribution in [-0.4, -0.2) is 37.4 Å². The second-order valence-corrected chi connectivity index (χ2v) is 8.72. The lowest BCUT2D eigenvalue weighted by molar-refractivity contribution is -0.120. The molecule has 30 heavy (non-hydrogen) atoms. The number of thiophene rings is 1. The van der Waals surface area contributed by atoms with Crippen molar-refractivity contribution in [1.82, 2.24) is 24.5 Å². The normalized spacial score (nSPS) is 12.1.